The normalized spacial score (nSPS) is 11.2. The number of oxime groups is 1. The number of methoxy groups -OCH3 is 1. The van der Waals surface area contributed by atoms with Crippen LogP contribution in [0.5, 0.6) is 5.75 Å². The molecule has 104 valence electrons. The van der Waals surface area contributed by atoms with Crippen molar-refractivity contribution in [1.29, 1.82) is 0 Å². The van der Waals surface area contributed by atoms with Gasteiger partial charge in [0, 0.05) is 5.56 Å². The lowest BCUT2D eigenvalue weighted by atomic mass is 10.1. The lowest BCUT2D eigenvalue weighted by Gasteiger charge is -2.10. The van der Waals surface area contributed by atoms with Crippen LogP contribution in [-0.2, 0) is 0 Å². The average Bonchev–Trinajstić information content (AvgIpc) is 2.50. The van der Waals surface area contributed by atoms with E-state index in [9.17, 15) is 0 Å². The molecule has 0 aliphatic carbocycles. The number of nitrogens with zero attached hydrogens (tertiary/aromatic N) is 1. The standard InChI is InChI=1S/C15H17N3O2/c1-20-12-8-6-11(7-9-12)15(18-19)10-17-14-5-3-2-4-13(14)16/h2-9,17,19H,10,16H2,1H3/b18-15-. The molecule has 2 rings (SSSR count). The van der Waals surface area contributed by atoms with Gasteiger partial charge in [-0.05, 0) is 36.4 Å². The first-order valence-electron chi connectivity index (χ1n) is 6.18. The summed E-state index contributed by atoms with van der Waals surface area (Å²) in [5, 5.41) is 15.6. The fourth-order valence-electron chi connectivity index (χ4n) is 1.82. The fourth-order valence-corrected chi connectivity index (χ4v) is 1.82. The Morgan fingerprint density at radius 3 is 2.50 bits per heavy atom. The maximum atomic E-state index is 9.14. The maximum Gasteiger partial charge on any atom is 0.118 e. The van der Waals surface area contributed by atoms with Crippen molar-refractivity contribution in [3.63, 3.8) is 0 Å². The van der Waals surface area contributed by atoms with Gasteiger partial charge in [0.2, 0.25) is 0 Å². The molecule has 0 fully saturated rings. The van der Waals surface area contributed by atoms with Crippen molar-refractivity contribution >= 4 is 17.1 Å². The molecule has 0 aliphatic rings. The van der Waals surface area contributed by atoms with E-state index >= 15 is 0 Å². The first kappa shape index (κ1) is 13.7. The smallest absolute Gasteiger partial charge is 0.118 e. The van der Waals surface area contributed by atoms with Gasteiger partial charge in [-0.15, -0.1) is 0 Å². The molecule has 0 aromatic heterocycles. The summed E-state index contributed by atoms with van der Waals surface area (Å²) in [4.78, 5) is 0. The van der Waals surface area contributed by atoms with Crippen molar-refractivity contribution < 1.29 is 9.94 Å². The van der Waals surface area contributed by atoms with E-state index in [1.807, 2.05) is 48.5 Å². The highest BCUT2D eigenvalue weighted by molar-refractivity contribution is 6.03. The Labute approximate surface area is 117 Å². The molecule has 0 spiro atoms. The van der Waals surface area contributed by atoms with Gasteiger partial charge in [-0.3, -0.25) is 0 Å². The summed E-state index contributed by atoms with van der Waals surface area (Å²) in [6.45, 7) is 0.372. The molecular formula is C15H17N3O2. The zero-order valence-electron chi connectivity index (χ0n) is 11.2. The summed E-state index contributed by atoms with van der Waals surface area (Å²) in [5.41, 5.74) is 8.64. The second kappa shape index (κ2) is 6.47. The maximum absolute atomic E-state index is 9.14. The van der Waals surface area contributed by atoms with Gasteiger partial charge in [0.05, 0.1) is 25.0 Å². The van der Waals surface area contributed by atoms with Gasteiger partial charge in [0.25, 0.3) is 0 Å². The molecule has 2 aromatic rings. The molecule has 4 N–H and O–H groups in total. The lowest BCUT2D eigenvalue weighted by Crippen LogP contribution is -2.16. The second-order valence-electron chi connectivity index (χ2n) is 4.22. The van der Waals surface area contributed by atoms with Gasteiger partial charge in [-0.1, -0.05) is 17.3 Å². The number of ether oxygens (including phenoxy) is 1. The average molecular weight is 271 g/mol. The molecule has 5 heteroatoms. The third kappa shape index (κ3) is 3.20. The predicted molar refractivity (Wildman–Crippen MR) is 80.7 cm³/mol. The Morgan fingerprint density at radius 2 is 1.90 bits per heavy atom. The molecular weight excluding hydrogens is 254 g/mol. The van der Waals surface area contributed by atoms with Crippen LogP contribution in [0.3, 0.4) is 0 Å². The predicted octanol–water partition coefficient (Wildman–Crippen LogP) is 2.57. The highest BCUT2D eigenvalue weighted by Crippen LogP contribution is 2.17. The molecule has 0 amide bonds. The number of hydrogen-bond donors (Lipinski definition) is 3. The van der Waals surface area contributed by atoms with Crippen molar-refractivity contribution in [1.82, 2.24) is 0 Å². The fraction of sp³-hybridized carbons (Fsp3) is 0.133. The Hall–Kier alpha value is -2.69. The van der Waals surface area contributed by atoms with Crippen molar-refractivity contribution in [2.75, 3.05) is 24.7 Å². The first-order valence-corrected chi connectivity index (χ1v) is 6.18. The van der Waals surface area contributed by atoms with Crippen LogP contribution in [0.25, 0.3) is 0 Å². The molecule has 20 heavy (non-hydrogen) atoms. The summed E-state index contributed by atoms with van der Waals surface area (Å²) in [6.07, 6.45) is 0. The van der Waals surface area contributed by atoms with Crippen molar-refractivity contribution in [2.24, 2.45) is 5.16 Å². The minimum absolute atomic E-state index is 0.372. The number of para-hydroxylation sites is 2. The summed E-state index contributed by atoms with van der Waals surface area (Å²) in [6, 6.07) is 14.7. The van der Waals surface area contributed by atoms with E-state index in [0.717, 1.165) is 17.0 Å². The van der Waals surface area contributed by atoms with E-state index in [1.54, 1.807) is 7.11 Å². The number of benzene rings is 2. The third-order valence-corrected chi connectivity index (χ3v) is 2.95. The largest absolute Gasteiger partial charge is 0.497 e. The van der Waals surface area contributed by atoms with E-state index in [4.69, 9.17) is 15.7 Å². The molecule has 0 bridgehead atoms. The van der Waals surface area contributed by atoms with Crippen LogP contribution in [0.2, 0.25) is 0 Å². The van der Waals surface area contributed by atoms with E-state index in [1.165, 1.54) is 0 Å². The van der Waals surface area contributed by atoms with Crippen LogP contribution in [0.4, 0.5) is 11.4 Å². The number of nitrogens with two attached hydrogens (primary N) is 1. The second-order valence-corrected chi connectivity index (χ2v) is 4.22. The highest BCUT2D eigenvalue weighted by Gasteiger charge is 2.06. The van der Waals surface area contributed by atoms with Crippen molar-refractivity contribution in [3.05, 3.63) is 54.1 Å². The van der Waals surface area contributed by atoms with Crippen LogP contribution in [0.1, 0.15) is 5.56 Å². The minimum atomic E-state index is 0.372. The van der Waals surface area contributed by atoms with Crippen LogP contribution >= 0.6 is 0 Å². The summed E-state index contributed by atoms with van der Waals surface area (Å²) < 4.78 is 5.09. The van der Waals surface area contributed by atoms with Crippen LogP contribution in [-0.4, -0.2) is 24.6 Å². The Balaban J connectivity index is 2.08. The van der Waals surface area contributed by atoms with Crippen LogP contribution < -0.4 is 15.8 Å². The lowest BCUT2D eigenvalue weighted by molar-refractivity contribution is 0.319. The molecule has 2 aromatic carbocycles. The number of hydrogen-bond acceptors (Lipinski definition) is 5. The van der Waals surface area contributed by atoms with Gasteiger partial charge in [0.1, 0.15) is 11.5 Å². The van der Waals surface area contributed by atoms with Gasteiger partial charge >= 0.3 is 0 Å². The molecule has 0 aliphatic heterocycles. The highest BCUT2D eigenvalue weighted by atomic mass is 16.5. The van der Waals surface area contributed by atoms with Crippen LogP contribution in [0.15, 0.2) is 53.7 Å². The van der Waals surface area contributed by atoms with E-state index in [0.29, 0.717) is 17.9 Å². The number of rotatable bonds is 5. The van der Waals surface area contributed by atoms with Crippen LogP contribution in [0, 0.1) is 0 Å². The van der Waals surface area contributed by atoms with E-state index < -0.39 is 0 Å². The van der Waals surface area contributed by atoms with Crippen molar-refractivity contribution in [2.45, 2.75) is 0 Å². The molecule has 0 saturated heterocycles. The Kier molecular flexibility index (Phi) is 4.44. The molecule has 0 radical (unpaired) electrons. The van der Waals surface area contributed by atoms with E-state index in [2.05, 4.69) is 10.5 Å². The first-order chi connectivity index (χ1) is 9.74. The van der Waals surface area contributed by atoms with Crippen molar-refractivity contribution in [3.8, 4) is 5.75 Å². The third-order valence-electron chi connectivity index (χ3n) is 2.95. The zero-order valence-corrected chi connectivity index (χ0v) is 11.2. The van der Waals surface area contributed by atoms with Gasteiger partial charge in [-0.25, -0.2) is 0 Å². The van der Waals surface area contributed by atoms with E-state index in [-0.39, 0.29) is 0 Å². The van der Waals surface area contributed by atoms with Gasteiger partial charge in [-0.2, -0.15) is 0 Å². The summed E-state index contributed by atoms with van der Waals surface area (Å²) in [5.74, 6) is 0.756. The zero-order chi connectivity index (χ0) is 14.4. The van der Waals surface area contributed by atoms with Gasteiger partial charge < -0.3 is 21.0 Å². The number of nitrogens with one attached hydrogen (secondary N) is 1. The number of anilines is 2. The molecule has 5 nitrogen and oxygen atoms in total. The summed E-state index contributed by atoms with van der Waals surface area (Å²) in [7, 11) is 1.61. The Morgan fingerprint density at radius 1 is 1.20 bits per heavy atom. The monoisotopic (exact) mass is 271 g/mol. The molecule has 0 atom stereocenters. The SMILES string of the molecule is COc1ccc(/C(CNc2ccccc2N)=N\O)cc1. The number of nitrogen functional groups attached to an aromatic ring is 1. The van der Waals surface area contributed by atoms with Gasteiger partial charge in [0.15, 0.2) is 0 Å². The Bertz CT molecular complexity index is 594. The summed E-state index contributed by atoms with van der Waals surface area (Å²) >= 11 is 0. The molecule has 0 unspecified atom stereocenters. The molecule has 0 saturated carbocycles. The quantitative estimate of drug-likeness (QED) is 0.338. The minimum Gasteiger partial charge on any atom is -0.497 e. The topological polar surface area (TPSA) is 79.9 Å². The molecule has 0 heterocycles.